The van der Waals surface area contributed by atoms with Crippen molar-refractivity contribution in [3.8, 4) is 5.88 Å². The Morgan fingerprint density at radius 1 is 1.50 bits per heavy atom. The van der Waals surface area contributed by atoms with Gasteiger partial charge in [0.25, 0.3) is 0 Å². The number of methoxy groups -OCH3 is 1. The molecule has 0 radical (unpaired) electrons. The maximum absolute atomic E-state index is 5.25. The average Bonchev–Trinajstić information content (AvgIpc) is 2.96. The molecule has 5 heteroatoms. The van der Waals surface area contributed by atoms with E-state index in [0.717, 1.165) is 36.9 Å². The molecule has 1 aliphatic heterocycles. The fourth-order valence-corrected chi connectivity index (χ4v) is 2.10. The van der Waals surface area contributed by atoms with Crippen LogP contribution in [0.2, 0.25) is 0 Å². The predicted octanol–water partition coefficient (Wildman–Crippen LogP) is 0.815. The van der Waals surface area contributed by atoms with E-state index in [9.17, 15) is 0 Å². The maximum Gasteiger partial charge on any atom is 0.216 e. The summed E-state index contributed by atoms with van der Waals surface area (Å²) < 4.78 is 7.01. The van der Waals surface area contributed by atoms with Gasteiger partial charge < -0.3 is 10.1 Å². The molecule has 0 amide bonds. The van der Waals surface area contributed by atoms with Crippen LogP contribution in [0.25, 0.3) is 5.65 Å². The van der Waals surface area contributed by atoms with Crippen molar-refractivity contribution in [3.05, 3.63) is 24.0 Å². The van der Waals surface area contributed by atoms with Crippen LogP contribution in [0, 0.1) is 0 Å². The molecule has 0 bridgehead atoms. The number of hydrogen-bond donors (Lipinski definition) is 1. The number of nitrogens with zero attached hydrogens (tertiary/aromatic N) is 3. The predicted molar refractivity (Wildman–Crippen MR) is 59.8 cm³/mol. The number of aromatic nitrogens is 3. The number of nitrogens with one attached hydrogen (secondary N) is 1. The summed E-state index contributed by atoms with van der Waals surface area (Å²) in [5.41, 5.74) is 0.848. The molecule has 1 aliphatic rings. The lowest BCUT2D eigenvalue weighted by Crippen LogP contribution is -2.09. The van der Waals surface area contributed by atoms with Crippen LogP contribution in [0.4, 0.5) is 0 Å². The highest BCUT2D eigenvalue weighted by Crippen LogP contribution is 2.21. The number of rotatable bonds is 2. The fraction of sp³-hybridized carbons (Fsp3) is 0.455. The second kappa shape index (κ2) is 3.75. The van der Waals surface area contributed by atoms with Crippen molar-refractivity contribution < 1.29 is 4.74 Å². The standard InChI is InChI=1S/C11H14N4O/c1-16-10-4-2-3-9-13-11(14-15(9)10)8-5-6-12-7-8/h2-4,8,12H,5-7H2,1H3. The van der Waals surface area contributed by atoms with Crippen molar-refractivity contribution in [1.29, 1.82) is 0 Å². The van der Waals surface area contributed by atoms with Gasteiger partial charge in [0.05, 0.1) is 7.11 Å². The lowest BCUT2D eigenvalue weighted by atomic mass is 10.1. The largest absolute Gasteiger partial charge is 0.481 e. The van der Waals surface area contributed by atoms with Crippen LogP contribution in [0.3, 0.4) is 0 Å². The van der Waals surface area contributed by atoms with Gasteiger partial charge in [0.15, 0.2) is 11.5 Å². The van der Waals surface area contributed by atoms with Gasteiger partial charge in [-0.05, 0) is 19.0 Å². The van der Waals surface area contributed by atoms with Gasteiger partial charge in [-0.25, -0.2) is 4.98 Å². The fourth-order valence-electron chi connectivity index (χ4n) is 2.10. The topological polar surface area (TPSA) is 51.5 Å². The summed E-state index contributed by atoms with van der Waals surface area (Å²) >= 11 is 0. The van der Waals surface area contributed by atoms with E-state index in [0.29, 0.717) is 5.92 Å². The highest BCUT2D eigenvalue weighted by molar-refractivity contribution is 5.41. The van der Waals surface area contributed by atoms with Crippen molar-refractivity contribution in [2.24, 2.45) is 0 Å². The van der Waals surface area contributed by atoms with E-state index >= 15 is 0 Å². The zero-order valence-corrected chi connectivity index (χ0v) is 9.18. The molecule has 3 heterocycles. The van der Waals surface area contributed by atoms with Gasteiger partial charge in [-0.2, -0.15) is 4.52 Å². The van der Waals surface area contributed by atoms with E-state index in [1.54, 1.807) is 11.6 Å². The lowest BCUT2D eigenvalue weighted by molar-refractivity contribution is 0.385. The van der Waals surface area contributed by atoms with E-state index in [2.05, 4.69) is 15.4 Å². The van der Waals surface area contributed by atoms with E-state index < -0.39 is 0 Å². The molecule has 0 aliphatic carbocycles. The molecular weight excluding hydrogens is 204 g/mol. The van der Waals surface area contributed by atoms with Gasteiger partial charge >= 0.3 is 0 Å². The van der Waals surface area contributed by atoms with Crippen LogP contribution < -0.4 is 10.1 Å². The summed E-state index contributed by atoms with van der Waals surface area (Å²) in [7, 11) is 1.65. The third kappa shape index (κ3) is 1.44. The minimum Gasteiger partial charge on any atom is -0.481 e. The number of hydrogen-bond acceptors (Lipinski definition) is 4. The second-order valence-electron chi connectivity index (χ2n) is 4.00. The molecule has 3 rings (SSSR count). The minimum atomic E-state index is 0.435. The summed E-state index contributed by atoms with van der Waals surface area (Å²) in [6.07, 6.45) is 1.11. The van der Waals surface area contributed by atoms with Crippen LogP contribution in [0.1, 0.15) is 18.2 Å². The molecule has 5 nitrogen and oxygen atoms in total. The Bertz CT molecular complexity index is 502. The summed E-state index contributed by atoms with van der Waals surface area (Å²) in [6, 6.07) is 5.76. The van der Waals surface area contributed by atoms with Crippen LogP contribution in [-0.2, 0) is 0 Å². The Hall–Kier alpha value is -1.62. The first-order chi connectivity index (χ1) is 7.88. The minimum absolute atomic E-state index is 0.435. The van der Waals surface area contributed by atoms with E-state index in [1.807, 2.05) is 18.2 Å². The van der Waals surface area contributed by atoms with Gasteiger partial charge in [-0.1, -0.05) is 6.07 Å². The molecule has 0 aromatic carbocycles. The second-order valence-corrected chi connectivity index (χ2v) is 4.00. The third-order valence-electron chi connectivity index (χ3n) is 2.98. The first-order valence-electron chi connectivity index (χ1n) is 5.49. The Kier molecular flexibility index (Phi) is 2.25. The van der Waals surface area contributed by atoms with E-state index in [4.69, 9.17) is 4.74 Å². The molecule has 1 N–H and O–H groups in total. The van der Waals surface area contributed by atoms with Crippen LogP contribution in [-0.4, -0.2) is 34.8 Å². The molecule has 84 valence electrons. The first-order valence-corrected chi connectivity index (χ1v) is 5.49. The zero-order chi connectivity index (χ0) is 11.0. The normalized spacial score (nSPS) is 20.4. The monoisotopic (exact) mass is 218 g/mol. The van der Waals surface area contributed by atoms with Gasteiger partial charge in [-0.3, -0.25) is 0 Å². The van der Waals surface area contributed by atoms with Crippen LogP contribution >= 0.6 is 0 Å². The van der Waals surface area contributed by atoms with Crippen molar-refractivity contribution >= 4 is 5.65 Å². The molecule has 2 aromatic heterocycles. The number of ether oxygens (including phenoxy) is 1. The number of fused-ring (bicyclic) bond motifs is 1. The lowest BCUT2D eigenvalue weighted by Gasteiger charge is -2.01. The first kappa shape index (κ1) is 9.59. The molecule has 2 aromatic rings. The molecule has 0 saturated carbocycles. The van der Waals surface area contributed by atoms with Crippen molar-refractivity contribution in [2.75, 3.05) is 20.2 Å². The van der Waals surface area contributed by atoms with Gasteiger partial charge in [-0.15, -0.1) is 5.10 Å². The molecule has 16 heavy (non-hydrogen) atoms. The summed E-state index contributed by atoms with van der Waals surface area (Å²) in [6.45, 7) is 2.02. The smallest absolute Gasteiger partial charge is 0.216 e. The number of pyridine rings is 1. The van der Waals surface area contributed by atoms with E-state index in [1.165, 1.54) is 0 Å². The molecule has 1 atom stereocenters. The summed E-state index contributed by atoms with van der Waals surface area (Å²) in [5, 5.41) is 7.83. The Morgan fingerprint density at radius 3 is 3.19 bits per heavy atom. The Balaban J connectivity index is 2.07. The Morgan fingerprint density at radius 2 is 2.44 bits per heavy atom. The molecule has 1 saturated heterocycles. The molecular formula is C11H14N4O. The van der Waals surface area contributed by atoms with Crippen molar-refractivity contribution in [3.63, 3.8) is 0 Å². The SMILES string of the molecule is COc1cccc2nc(C3CCNC3)nn12. The molecule has 1 unspecified atom stereocenters. The summed E-state index contributed by atoms with van der Waals surface area (Å²) in [4.78, 5) is 4.54. The quantitative estimate of drug-likeness (QED) is 0.810. The van der Waals surface area contributed by atoms with Gasteiger partial charge in [0.2, 0.25) is 5.88 Å². The molecule has 1 fully saturated rings. The van der Waals surface area contributed by atoms with Crippen molar-refractivity contribution in [1.82, 2.24) is 19.9 Å². The summed E-state index contributed by atoms with van der Waals surface area (Å²) in [5.74, 6) is 2.07. The zero-order valence-electron chi connectivity index (χ0n) is 9.18. The van der Waals surface area contributed by atoms with Crippen LogP contribution in [0.15, 0.2) is 18.2 Å². The maximum atomic E-state index is 5.25. The highest BCUT2D eigenvalue weighted by Gasteiger charge is 2.21. The van der Waals surface area contributed by atoms with Crippen molar-refractivity contribution in [2.45, 2.75) is 12.3 Å². The van der Waals surface area contributed by atoms with Gasteiger partial charge in [0, 0.05) is 18.5 Å². The van der Waals surface area contributed by atoms with E-state index in [-0.39, 0.29) is 0 Å². The highest BCUT2D eigenvalue weighted by atomic mass is 16.5. The third-order valence-corrected chi connectivity index (χ3v) is 2.98. The Labute approximate surface area is 93.4 Å². The average molecular weight is 218 g/mol. The van der Waals surface area contributed by atoms with Gasteiger partial charge in [0.1, 0.15) is 0 Å². The van der Waals surface area contributed by atoms with Crippen LogP contribution in [0.5, 0.6) is 5.88 Å². The molecule has 0 spiro atoms.